The Hall–Kier alpha value is -2.19. The van der Waals surface area contributed by atoms with E-state index in [4.69, 9.17) is 18.6 Å². The van der Waals surface area contributed by atoms with Gasteiger partial charge in [-0.2, -0.15) is 0 Å². The van der Waals surface area contributed by atoms with Crippen LogP contribution in [0.5, 0.6) is 0 Å². The molecule has 3 aliphatic heterocycles. The molecule has 34 heavy (non-hydrogen) atoms. The quantitative estimate of drug-likeness (QED) is 0.490. The molecule has 9 atom stereocenters. The topological polar surface area (TPSA) is 116 Å². The number of epoxide rings is 1. The van der Waals surface area contributed by atoms with Crippen LogP contribution >= 0.6 is 0 Å². The zero-order chi connectivity index (χ0) is 24.5. The fourth-order valence-electron chi connectivity index (χ4n) is 8.90. The fourth-order valence-corrected chi connectivity index (χ4v) is 8.90. The van der Waals surface area contributed by atoms with E-state index in [2.05, 4.69) is 0 Å². The third kappa shape index (κ3) is 2.25. The number of carbonyl (C=O) groups is 3. The van der Waals surface area contributed by atoms with Gasteiger partial charge in [-0.3, -0.25) is 9.59 Å². The first-order valence-electron chi connectivity index (χ1n) is 12.2. The molecular formula is C26H32O8. The number of hydrogen-bond donors (Lipinski definition) is 1. The van der Waals surface area contributed by atoms with Crippen molar-refractivity contribution >= 4 is 17.7 Å². The molecule has 0 aromatic carbocycles. The second-order valence-corrected chi connectivity index (χ2v) is 12.2. The summed E-state index contributed by atoms with van der Waals surface area (Å²) in [5.41, 5.74) is -3.69. The van der Waals surface area contributed by atoms with Crippen LogP contribution in [-0.2, 0) is 28.6 Å². The molecule has 1 aromatic heterocycles. The standard InChI is InChI=1S/C26H32O8/c1-22(2)15-10-17(28)25(5)14(24(15,4)16(27)11-18(29)33-22)6-8-23(3)19(13-7-9-31-12-13)32-21(30)20-26(23,25)34-20/h7,9,12,14-16,19-20,27H,6,8,10-11H2,1-5H3/t14?,15?,16?,19-,20?,23-,24?,25?,26?/m0/s1. The second-order valence-electron chi connectivity index (χ2n) is 12.2. The van der Waals surface area contributed by atoms with Crippen molar-refractivity contribution < 1.29 is 38.1 Å². The van der Waals surface area contributed by atoms with Gasteiger partial charge in [0.25, 0.3) is 0 Å². The SMILES string of the molecule is CC1(C)OC(=O)CC(O)C2(C)C1CC(=O)C1(C)C2CC[C@@]2(C)[C@H](c3ccoc3)OC(=O)C3OC312. The van der Waals surface area contributed by atoms with E-state index in [0.29, 0.717) is 12.8 Å². The number of hydrogen-bond acceptors (Lipinski definition) is 8. The lowest BCUT2D eigenvalue weighted by molar-refractivity contribution is -0.231. The number of esters is 2. The molecule has 1 spiro atoms. The Bertz CT molecular complexity index is 1090. The number of ether oxygens (including phenoxy) is 3. The number of furan rings is 1. The summed E-state index contributed by atoms with van der Waals surface area (Å²) in [4.78, 5) is 39.8. The highest BCUT2D eigenvalue weighted by atomic mass is 16.7. The molecule has 1 N–H and O–H groups in total. The number of aliphatic hydroxyl groups excluding tert-OH is 1. The first-order chi connectivity index (χ1) is 15.8. The number of rotatable bonds is 1. The van der Waals surface area contributed by atoms with E-state index in [0.717, 1.165) is 5.56 Å². The minimum Gasteiger partial charge on any atom is -0.472 e. The van der Waals surface area contributed by atoms with E-state index >= 15 is 0 Å². The van der Waals surface area contributed by atoms with Crippen molar-refractivity contribution in [3.63, 3.8) is 0 Å². The number of ketones is 1. The Morgan fingerprint density at radius 2 is 1.74 bits per heavy atom. The lowest BCUT2D eigenvalue weighted by Crippen LogP contribution is -2.72. The monoisotopic (exact) mass is 472 g/mol. The van der Waals surface area contributed by atoms with Gasteiger partial charge in [-0.05, 0) is 45.6 Å². The fraction of sp³-hybridized carbons (Fsp3) is 0.731. The average molecular weight is 473 g/mol. The molecule has 1 aromatic rings. The zero-order valence-corrected chi connectivity index (χ0v) is 20.3. The van der Waals surface area contributed by atoms with Gasteiger partial charge in [0.15, 0.2) is 6.10 Å². The minimum atomic E-state index is -1.05. The van der Waals surface area contributed by atoms with E-state index in [-0.39, 0.29) is 30.5 Å². The summed E-state index contributed by atoms with van der Waals surface area (Å²) in [6.07, 6.45) is 1.99. The largest absolute Gasteiger partial charge is 0.472 e. The summed E-state index contributed by atoms with van der Waals surface area (Å²) in [5, 5.41) is 11.4. The van der Waals surface area contributed by atoms with Crippen LogP contribution in [0.1, 0.15) is 72.0 Å². The molecular weight excluding hydrogens is 440 g/mol. The number of Topliss-reactive ketones (excluding diaryl/α,β-unsaturated/α-hetero) is 1. The average Bonchev–Trinajstić information content (AvgIpc) is 3.33. The normalized spacial score (nSPS) is 51.1. The Morgan fingerprint density at radius 1 is 1.00 bits per heavy atom. The highest BCUT2D eigenvalue weighted by Gasteiger charge is 2.88. The molecule has 8 nitrogen and oxygen atoms in total. The van der Waals surface area contributed by atoms with Gasteiger partial charge in [-0.15, -0.1) is 0 Å². The highest BCUT2D eigenvalue weighted by molar-refractivity contribution is 5.93. The number of fused-ring (bicyclic) bond motifs is 3. The first kappa shape index (κ1) is 22.3. The van der Waals surface area contributed by atoms with Crippen LogP contribution < -0.4 is 0 Å². The van der Waals surface area contributed by atoms with Crippen molar-refractivity contribution in [2.24, 2.45) is 28.1 Å². The highest BCUT2D eigenvalue weighted by Crippen LogP contribution is 2.78. The van der Waals surface area contributed by atoms with E-state index in [1.165, 1.54) is 0 Å². The molecule has 2 aliphatic carbocycles. The smallest absolute Gasteiger partial charge is 0.339 e. The van der Waals surface area contributed by atoms with Gasteiger partial charge >= 0.3 is 11.9 Å². The van der Waals surface area contributed by atoms with Crippen molar-refractivity contribution in [3.05, 3.63) is 24.2 Å². The van der Waals surface area contributed by atoms with Crippen LogP contribution in [0.2, 0.25) is 0 Å². The van der Waals surface area contributed by atoms with Crippen LogP contribution in [0.4, 0.5) is 0 Å². The molecule has 6 rings (SSSR count). The van der Waals surface area contributed by atoms with Crippen molar-refractivity contribution in [2.75, 3.05) is 0 Å². The van der Waals surface area contributed by atoms with Gasteiger partial charge in [0.1, 0.15) is 23.1 Å². The number of carbonyl (C=O) groups excluding carboxylic acids is 3. The Labute approximate surface area is 198 Å². The van der Waals surface area contributed by atoms with Crippen LogP contribution in [-0.4, -0.2) is 46.2 Å². The summed E-state index contributed by atoms with van der Waals surface area (Å²) in [5.74, 6) is -1.59. The second kappa shape index (κ2) is 6.32. The molecule has 184 valence electrons. The molecule has 5 fully saturated rings. The minimum absolute atomic E-state index is 0.00716. The maximum atomic E-state index is 14.2. The van der Waals surface area contributed by atoms with Gasteiger partial charge in [0.05, 0.1) is 30.5 Å². The van der Waals surface area contributed by atoms with Crippen molar-refractivity contribution in [2.45, 2.75) is 89.8 Å². The molecule has 0 bridgehead atoms. The van der Waals surface area contributed by atoms with E-state index in [9.17, 15) is 19.5 Å². The van der Waals surface area contributed by atoms with Gasteiger partial charge in [-0.1, -0.05) is 13.8 Å². The Kier molecular flexibility index (Phi) is 4.14. The molecule has 2 saturated carbocycles. The molecule has 4 heterocycles. The zero-order valence-electron chi connectivity index (χ0n) is 20.3. The maximum Gasteiger partial charge on any atom is 0.339 e. The summed E-state index contributed by atoms with van der Waals surface area (Å²) < 4.78 is 23.2. The van der Waals surface area contributed by atoms with Gasteiger partial charge in [-0.25, -0.2) is 4.79 Å². The predicted octanol–water partition coefficient (Wildman–Crippen LogP) is 3.12. The lowest BCUT2D eigenvalue weighted by Gasteiger charge is -2.66. The summed E-state index contributed by atoms with van der Waals surface area (Å²) in [7, 11) is 0. The van der Waals surface area contributed by atoms with Crippen molar-refractivity contribution in [1.82, 2.24) is 0 Å². The van der Waals surface area contributed by atoms with E-state index < -0.39 is 57.7 Å². The molecule has 8 heteroatoms. The van der Waals surface area contributed by atoms with E-state index in [1.54, 1.807) is 18.6 Å². The third-order valence-electron chi connectivity index (χ3n) is 10.5. The van der Waals surface area contributed by atoms with Crippen LogP contribution in [0.15, 0.2) is 23.0 Å². The third-order valence-corrected chi connectivity index (χ3v) is 10.5. The van der Waals surface area contributed by atoms with Crippen molar-refractivity contribution in [3.8, 4) is 0 Å². The summed E-state index contributed by atoms with van der Waals surface area (Å²) >= 11 is 0. The Balaban J connectivity index is 1.53. The van der Waals surface area contributed by atoms with Crippen LogP contribution in [0, 0.1) is 28.1 Å². The molecule has 0 amide bonds. The first-order valence-corrected chi connectivity index (χ1v) is 12.2. The Morgan fingerprint density at radius 3 is 2.41 bits per heavy atom. The van der Waals surface area contributed by atoms with Gasteiger partial charge < -0.3 is 23.7 Å². The maximum absolute atomic E-state index is 14.2. The van der Waals surface area contributed by atoms with Crippen LogP contribution in [0.25, 0.3) is 0 Å². The molecule has 3 saturated heterocycles. The van der Waals surface area contributed by atoms with Crippen LogP contribution in [0.3, 0.4) is 0 Å². The molecule has 7 unspecified atom stereocenters. The van der Waals surface area contributed by atoms with E-state index in [1.807, 2.05) is 34.6 Å². The number of cyclic esters (lactones) is 2. The summed E-state index contributed by atoms with van der Waals surface area (Å²) in [6.45, 7) is 9.61. The van der Waals surface area contributed by atoms with Gasteiger partial charge in [0.2, 0.25) is 0 Å². The molecule has 5 aliphatic rings. The number of aliphatic hydroxyl groups is 1. The lowest BCUT2D eigenvalue weighted by atomic mass is 9.37. The molecule has 0 radical (unpaired) electrons. The summed E-state index contributed by atoms with van der Waals surface area (Å²) in [6, 6.07) is 1.79. The van der Waals surface area contributed by atoms with Crippen molar-refractivity contribution in [1.29, 1.82) is 0 Å². The van der Waals surface area contributed by atoms with Gasteiger partial charge in [0, 0.05) is 28.7 Å². The predicted molar refractivity (Wildman–Crippen MR) is 116 cm³/mol.